The highest BCUT2D eigenvalue weighted by Crippen LogP contribution is 2.44. The number of nitrogens with zero attached hydrogens (tertiary/aromatic N) is 2. The fourth-order valence-electron chi connectivity index (χ4n) is 4.12. The Kier molecular flexibility index (Phi) is 3.87. The van der Waals surface area contributed by atoms with Gasteiger partial charge >= 0.3 is 5.97 Å². The van der Waals surface area contributed by atoms with E-state index < -0.39 is 23.4 Å². The molecular formula is C20H15FN4O5. The second-order valence-electron chi connectivity index (χ2n) is 7.27. The maximum atomic E-state index is 14.2. The molecule has 9 nitrogen and oxygen atoms in total. The summed E-state index contributed by atoms with van der Waals surface area (Å²) in [5.74, 6) is -1.23. The van der Waals surface area contributed by atoms with E-state index in [1.54, 1.807) is 19.1 Å². The number of aliphatic hydroxyl groups is 1. The van der Waals surface area contributed by atoms with Gasteiger partial charge in [0.2, 0.25) is 0 Å². The van der Waals surface area contributed by atoms with Crippen LogP contribution in [-0.2, 0) is 22.7 Å². The van der Waals surface area contributed by atoms with Crippen molar-refractivity contribution in [2.45, 2.75) is 26.2 Å². The maximum Gasteiger partial charge on any atom is 0.340 e. The lowest BCUT2D eigenvalue weighted by Crippen LogP contribution is -2.33. The van der Waals surface area contributed by atoms with E-state index in [1.807, 2.05) is 0 Å². The number of nitrogens with one attached hydrogen (secondary N) is 2. The van der Waals surface area contributed by atoms with Crippen LogP contribution in [0, 0.1) is 17.6 Å². The van der Waals surface area contributed by atoms with Crippen LogP contribution in [0.2, 0.25) is 0 Å². The number of aromatic nitrogens is 1. The molecule has 10 heteroatoms. The SMILES string of the molecule is Cc1cc2c(cc1F)NC1=C(Cn3c1cc1c(c3=O)COC(=O)[C@H]1O)C2=CNN=O. The molecule has 3 N–H and O–H groups in total. The van der Waals surface area contributed by atoms with E-state index in [9.17, 15) is 24.0 Å². The van der Waals surface area contributed by atoms with E-state index in [0.717, 1.165) is 0 Å². The number of rotatable bonds is 2. The number of hydrogen-bond acceptors (Lipinski definition) is 7. The maximum absolute atomic E-state index is 14.2. The summed E-state index contributed by atoms with van der Waals surface area (Å²) in [6, 6.07) is 4.55. The molecule has 0 bridgehead atoms. The summed E-state index contributed by atoms with van der Waals surface area (Å²) >= 11 is 0. The minimum Gasteiger partial charge on any atom is -0.458 e. The lowest BCUT2D eigenvalue weighted by Gasteiger charge is -2.24. The molecule has 0 aliphatic carbocycles. The molecule has 0 saturated carbocycles. The largest absolute Gasteiger partial charge is 0.458 e. The second-order valence-corrected chi connectivity index (χ2v) is 7.27. The average Bonchev–Trinajstić information content (AvgIpc) is 3.08. The van der Waals surface area contributed by atoms with Gasteiger partial charge in [-0.2, -0.15) is 0 Å². The topological polar surface area (TPSA) is 122 Å². The lowest BCUT2D eigenvalue weighted by atomic mass is 9.91. The van der Waals surface area contributed by atoms with Crippen LogP contribution in [-0.4, -0.2) is 15.6 Å². The first-order valence-corrected chi connectivity index (χ1v) is 9.11. The standard InChI is InChI=1S/C20H15FN4O5/c1-8-2-9-11(5-22-24-29)12-6-25-16(17(12)23-15(9)4-14(8)21)3-10-13(19(25)27)7-30-20(28)18(10)26/h2-5,18,23,26H,6-7H2,1H3,(H,22,29)/t18-/m0/s1. The van der Waals surface area contributed by atoms with Crippen molar-refractivity contribution in [3.05, 3.63) is 79.0 Å². The number of allylic oxidation sites excluding steroid dienone is 2. The number of carbonyl (C=O) groups is 1. The van der Waals surface area contributed by atoms with Crippen LogP contribution in [0.15, 0.2) is 40.1 Å². The van der Waals surface area contributed by atoms with E-state index in [0.29, 0.717) is 39.4 Å². The predicted octanol–water partition coefficient (Wildman–Crippen LogP) is 1.85. The summed E-state index contributed by atoms with van der Waals surface area (Å²) in [6.07, 6.45) is -0.151. The summed E-state index contributed by atoms with van der Waals surface area (Å²) in [6.45, 7) is 1.59. The van der Waals surface area contributed by atoms with Gasteiger partial charge in [0.25, 0.3) is 5.56 Å². The number of carbonyl (C=O) groups excluding carboxylic acids is 1. The minimum absolute atomic E-state index is 0.177. The van der Waals surface area contributed by atoms with Crippen LogP contribution < -0.4 is 16.3 Å². The Hall–Kier alpha value is -3.79. The number of ether oxygens (including phenoxy) is 1. The molecule has 0 saturated heterocycles. The van der Waals surface area contributed by atoms with Crippen LogP contribution in [0.25, 0.3) is 11.3 Å². The highest BCUT2D eigenvalue weighted by atomic mass is 19.1. The second kappa shape index (κ2) is 6.36. The van der Waals surface area contributed by atoms with Gasteiger partial charge in [0.15, 0.2) is 6.10 Å². The van der Waals surface area contributed by atoms with Gasteiger partial charge in [-0.1, -0.05) is 0 Å². The molecule has 3 aliphatic heterocycles. The van der Waals surface area contributed by atoms with E-state index in [1.165, 1.54) is 16.8 Å². The molecule has 1 aromatic carbocycles. The molecule has 0 amide bonds. The van der Waals surface area contributed by atoms with Gasteiger partial charge in [-0.15, -0.1) is 4.91 Å². The van der Waals surface area contributed by atoms with Crippen molar-refractivity contribution in [3.63, 3.8) is 0 Å². The van der Waals surface area contributed by atoms with Crippen LogP contribution in [0.3, 0.4) is 0 Å². The summed E-state index contributed by atoms with van der Waals surface area (Å²) in [7, 11) is 0. The third kappa shape index (κ3) is 2.43. The molecule has 2 aromatic rings. The zero-order valence-electron chi connectivity index (χ0n) is 15.7. The van der Waals surface area contributed by atoms with Gasteiger partial charge in [-0.05, 0) is 30.7 Å². The van der Waals surface area contributed by atoms with Crippen molar-refractivity contribution in [2.75, 3.05) is 5.32 Å². The first-order chi connectivity index (χ1) is 14.4. The first-order valence-electron chi connectivity index (χ1n) is 9.11. The number of esters is 1. The van der Waals surface area contributed by atoms with Crippen LogP contribution in [0.4, 0.5) is 10.1 Å². The molecule has 0 radical (unpaired) electrons. The van der Waals surface area contributed by atoms with Crippen LogP contribution in [0.5, 0.6) is 0 Å². The van der Waals surface area contributed by atoms with Crippen molar-refractivity contribution < 1.29 is 19.0 Å². The van der Waals surface area contributed by atoms with Gasteiger partial charge in [0, 0.05) is 34.2 Å². The number of hydrogen-bond donors (Lipinski definition) is 3. The number of nitroso groups, excluding NO2 is 1. The first kappa shape index (κ1) is 18.3. The summed E-state index contributed by atoms with van der Waals surface area (Å²) in [4.78, 5) is 35.5. The summed E-state index contributed by atoms with van der Waals surface area (Å²) in [5.41, 5.74) is 6.04. The molecule has 0 unspecified atom stereocenters. The summed E-state index contributed by atoms with van der Waals surface area (Å²) in [5, 5.41) is 16.0. The van der Waals surface area contributed by atoms with Crippen molar-refractivity contribution in [2.24, 2.45) is 5.29 Å². The van der Waals surface area contributed by atoms with Gasteiger partial charge in [-0.3, -0.25) is 4.79 Å². The lowest BCUT2D eigenvalue weighted by molar-refractivity contribution is -0.157. The Morgan fingerprint density at radius 2 is 2.17 bits per heavy atom. The number of aliphatic hydroxyl groups excluding tert-OH is 1. The van der Waals surface area contributed by atoms with Crippen molar-refractivity contribution in [3.8, 4) is 0 Å². The zero-order chi connectivity index (χ0) is 21.2. The third-order valence-corrected chi connectivity index (χ3v) is 5.62. The Bertz CT molecular complexity index is 1280. The number of fused-ring (bicyclic) bond motifs is 4. The molecule has 3 aliphatic rings. The highest BCUT2D eigenvalue weighted by molar-refractivity contribution is 6.02. The van der Waals surface area contributed by atoms with Gasteiger partial charge in [0.1, 0.15) is 12.4 Å². The average molecular weight is 410 g/mol. The zero-order valence-corrected chi connectivity index (χ0v) is 15.7. The van der Waals surface area contributed by atoms with Gasteiger partial charge in [0.05, 0.1) is 28.8 Å². The number of aryl methyl sites for hydroxylation is 1. The molecule has 1 atom stereocenters. The third-order valence-electron chi connectivity index (χ3n) is 5.62. The van der Waals surface area contributed by atoms with Crippen LogP contribution >= 0.6 is 0 Å². The normalized spacial score (nSPS) is 20.0. The Balaban J connectivity index is 1.73. The Labute approximate surface area is 168 Å². The molecular weight excluding hydrogens is 395 g/mol. The molecule has 5 rings (SSSR count). The minimum atomic E-state index is -1.55. The number of cyclic esters (lactones) is 1. The van der Waals surface area contributed by atoms with E-state index in [-0.39, 0.29) is 24.3 Å². The van der Waals surface area contributed by atoms with Crippen molar-refractivity contribution >= 4 is 22.9 Å². The number of benzene rings is 1. The predicted molar refractivity (Wildman–Crippen MR) is 104 cm³/mol. The molecule has 0 spiro atoms. The monoisotopic (exact) mass is 410 g/mol. The number of halogens is 1. The van der Waals surface area contributed by atoms with Crippen LogP contribution in [0.1, 0.15) is 34.1 Å². The fourth-order valence-corrected chi connectivity index (χ4v) is 4.12. The fraction of sp³-hybridized carbons (Fsp3) is 0.200. The van der Waals surface area contributed by atoms with E-state index >= 15 is 0 Å². The summed E-state index contributed by atoms with van der Waals surface area (Å²) < 4.78 is 20.6. The Morgan fingerprint density at radius 3 is 2.93 bits per heavy atom. The van der Waals surface area contributed by atoms with E-state index in [4.69, 9.17) is 4.74 Å². The molecule has 0 fully saturated rings. The Morgan fingerprint density at radius 1 is 1.37 bits per heavy atom. The van der Waals surface area contributed by atoms with Gasteiger partial charge < -0.3 is 19.7 Å². The van der Waals surface area contributed by atoms with Gasteiger partial charge in [-0.25, -0.2) is 14.6 Å². The smallest absolute Gasteiger partial charge is 0.340 e. The van der Waals surface area contributed by atoms with Crippen molar-refractivity contribution in [1.82, 2.24) is 9.99 Å². The molecule has 152 valence electrons. The quantitative estimate of drug-likeness (QED) is 0.392. The van der Waals surface area contributed by atoms with E-state index in [2.05, 4.69) is 16.0 Å². The molecule has 4 heterocycles. The van der Waals surface area contributed by atoms with Crippen molar-refractivity contribution in [1.29, 1.82) is 0 Å². The molecule has 1 aromatic heterocycles. The number of anilines is 1. The molecule has 30 heavy (non-hydrogen) atoms. The number of pyridine rings is 1. The highest BCUT2D eigenvalue weighted by Gasteiger charge is 2.36.